The van der Waals surface area contributed by atoms with Crippen LogP contribution in [0.3, 0.4) is 0 Å². The van der Waals surface area contributed by atoms with E-state index in [1.165, 1.54) is 6.92 Å². The Morgan fingerprint density at radius 3 is 2.76 bits per heavy atom. The van der Waals surface area contributed by atoms with Crippen LogP contribution in [0, 0.1) is 0 Å². The van der Waals surface area contributed by atoms with Gasteiger partial charge in [-0.25, -0.2) is 0 Å². The second-order valence-electron chi connectivity index (χ2n) is 5.34. The van der Waals surface area contributed by atoms with Gasteiger partial charge in [0.1, 0.15) is 0 Å². The van der Waals surface area contributed by atoms with Crippen LogP contribution in [0.25, 0.3) is 0 Å². The first-order chi connectivity index (χ1) is 9.99. The van der Waals surface area contributed by atoms with Crippen molar-refractivity contribution >= 4 is 17.5 Å². The van der Waals surface area contributed by atoms with E-state index in [1.807, 2.05) is 7.05 Å². The predicted molar refractivity (Wildman–Crippen MR) is 80.3 cm³/mol. The van der Waals surface area contributed by atoms with Crippen LogP contribution < -0.4 is 10.6 Å². The van der Waals surface area contributed by atoms with Crippen LogP contribution in [-0.2, 0) is 9.53 Å². The first-order valence-electron chi connectivity index (χ1n) is 6.89. The summed E-state index contributed by atoms with van der Waals surface area (Å²) in [6.07, 6.45) is -0.00234. The lowest BCUT2D eigenvalue weighted by Crippen LogP contribution is -2.43. The fourth-order valence-electron chi connectivity index (χ4n) is 2.53. The van der Waals surface area contributed by atoms with Gasteiger partial charge in [0.2, 0.25) is 5.91 Å². The SMILES string of the molecule is CO[C@H]1CN(C)C[C@@H]1NC(=O)c1cccc(NC(C)=O)c1. The first-order valence-corrected chi connectivity index (χ1v) is 6.89. The molecule has 1 aromatic carbocycles. The summed E-state index contributed by atoms with van der Waals surface area (Å²) in [4.78, 5) is 25.5. The molecule has 0 radical (unpaired) electrons. The van der Waals surface area contributed by atoms with Crippen molar-refractivity contribution in [3.05, 3.63) is 29.8 Å². The molecule has 6 heteroatoms. The number of hydrogen-bond donors (Lipinski definition) is 2. The molecule has 2 atom stereocenters. The molecule has 2 rings (SSSR count). The third kappa shape index (κ3) is 4.03. The normalized spacial score (nSPS) is 22.0. The molecule has 1 fully saturated rings. The molecule has 1 heterocycles. The number of methoxy groups -OCH3 is 1. The number of benzene rings is 1. The fourth-order valence-corrected chi connectivity index (χ4v) is 2.53. The second-order valence-corrected chi connectivity index (χ2v) is 5.34. The minimum Gasteiger partial charge on any atom is -0.378 e. The van der Waals surface area contributed by atoms with Gasteiger partial charge in [-0.1, -0.05) is 6.07 Å². The average Bonchev–Trinajstić information content (AvgIpc) is 2.78. The average molecular weight is 291 g/mol. The molecule has 0 spiro atoms. The van der Waals surface area contributed by atoms with Crippen molar-refractivity contribution in [2.24, 2.45) is 0 Å². The van der Waals surface area contributed by atoms with E-state index in [-0.39, 0.29) is 24.0 Å². The third-order valence-corrected chi connectivity index (χ3v) is 3.51. The molecule has 6 nitrogen and oxygen atoms in total. The van der Waals surface area contributed by atoms with Gasteiger partial charge in [-0.05, 0) is 25.2 Å². The molecule has 1 aliphatic rings. The van der Waals surface area contributed by atoms with Gasteiger partial charge in [-0.15, -0.1) is 0 Å². The van der Waals surface area contributed by atoms with Crippen molar-refractivity contribution in [2.75, 3.05) is 32.6 Å². The molecular formula is C15H21N3O3. The highest BCUT2D eigenvalue weighted by molar-refractivity contribution is 5.97. The van der Waals surface area contributed by atoms with Crippen molar-refractivity contribution < 1.29 is 14.3 Å². The van der Waals surface area contributed by atoms with Crippen LogP contribution in [0.15, 0.2) is 24.3 Å². The van der Waals surface area contributed by atoms with E-state index in [1.54, 1.807) is 31.4 Å². The van der Waals surface area contributed by atoms with Gasteiger partial charge < -0.3 is 20.3 Å². The quantitative estimate of drug-likeness (QED) is 0.857. The Bertz CT molecular complexity index is 533. The number of nitrogens with zero attached hydrogens (tertiary/aromatic N) is 1. The van der Waals surface area contributed by atoms with Crippen LogP contribution in [-0.4, -0.2) is 56.1 Å². The molecule has 0 saturated carbocycles. The molecule has 0 aliphatic carbocycles. The number of rotatable bonds is 4. The summed E-state index contributed by atoms with van der Waals surface area (Å²) in [5, 5.41) is 5.66. The summed E-state index contributed by atoms with van der Waals surface area (Å²) in [6.45, 7) is 2.99. The lowest BCUT2D eigenvalue weighted by atomic mass is 10.1. The van der Waals surface area contributed by atoms with E-state index >= 15 is 0 Å². The summed E-state index contributed by atoms with van der Waals surface area (Å²) in [5.74, 6) is -0.325. The predicted octanol–water partition coefficient (Wildman–Crippen LogP) is 0.704. The topological polar surface area (TPSA) is 70.7 Å². The van der Waals surface area contributed by atoms with E-state index in [0.29, 0.717) is 11.3 Å². The first kappa shape index (κ1) is 15.5. The number of amides is 2. The van der Waals surface area contributed by atoms with Crippen LogP contribution in [0.5, 0.6) is 0 Å². The molecule has 0 bridgehead atoms. The molecule has 1 aromatic rings. The molecule has 0 aromatic heterocycles. The van der Waals surface area contributed by atoms with Crippen LogP contribution in [0.1, 0.15) is 17.3 Å². The van der Waals surface area contributed by atoms with E-state index < -0.39 is 0 Å². The van der Waals surface area contributed by atoms with Crippen molar-refractivity contribution in [3.8, 4) is 0 Å². The summed E-state index contributed by atoms with van der Waals surface area (Å²) >= 11 is 0. The zero-order chi connectivity index (χ0) is 15.4. The third-order valence-electron chi connectivity index (χ3n) is 3.51. The van der Waals surface area contributed by atoms with Gasteiger partial charge in [0.15, 0.2) is 0 Å². The minimum atomic E-state index is -0.163. The Balaban J connectivity index is 2.04. The standard InChI is InChI=1S/C15H21N3O3/c1-10(19)16-12-6-4-5-11(7-12)15(20)17-13-8-18(2)9-14(13)21-3/h4-7,13-14H,8-9H2,1-3H3,(H,16,19)(H,17,20)/t13-,14-/m0/s1. The number of likely N-dealkylation sites (N-methyl/N-ethyl adjacent to an activating group) is 1. The summed E-state index contributed by atoms with van der Waals surface area (Å²) < 4.78 is 5.39. The minimum absolute atomic E-state index is 0.00234. The Labute approximate surface area is 124 Å². The highest BCUT2D eigenvalue weighted by atomic mass is 16.5. The largest absolute Gasteiger partial charge is 0.378 e. The summed E-state index contributed by atoms with van der Waals surface area (Å²) in [6, 6.07) is 6.85. The Kier molecular flexibility index (Phi) is 4.93. The van der Waals surface area contributed by atoms with Gasteiger partial charge in [0, 0.05) is 38.4 Å². The Morgan fingerprint density at radius 1 is 1.33 bits per heavy atom. The van der Waals surface area contributed by atoms with Crippen LogP contribution in [0.4, 0.5) is 5.69 Å². The maximum atomic E-state index is 12.3. The van der Waals surface area contributed by atoms with Gasteiger partial charge in [0.05, 0.1) is 12.1 Å². The lowest BCUT2D eigenvalue weighted by molar-refractivity contribution is -0.114. The van der Waals surface area contributed by atoms with E-state index in [0.717, 1.165) is 13.1 Å². The molecule has 114 valence electrons. The fraction of sp³-hybridized carbons (Fsp3) is 0.467. The number of carbonyl (C=O) groups is 2. The maximum absolute atomic E-state index is 12.3. The maximum Gasteiger partial charge on any atom is 0.251 e. The number of carbonyl (C=O) groups excluding carboxylic acids is 2. The molecule has 21 heavy (non-hydrogen) atoms. The molecule has 0 unspecified atom stereocenters. The highest BCUT2D eigenvalue weighted by Gasteiger charge is 2.32. The number of ether oxygens (including phenoxy) is 1. The highest BCUT2D eigenvalue weighted by Crippen LogP contribution is 2.14. The Hall–Kier alpha value is -1.92. The van der Waals surface area contributed by atoms with Gasteiger partial charge in [0.25, 0.3) is 5.91 Å². The van der Waals surface area contributed by atoms with E-state index in [2.05, 4.69) is 15.5 Å². The van der Waals surface area contributed by atoms with Crippen molar-refractivity contribution in [1.82, 2.24) is 10.2 Å². The summed E-state index contributed by atoms with van der Waals surface area (Å²) in [5.41, 5.74) is 1.13. The van der Waals surface area contributed by atoms with Gasteiger partial charge >= 0.3 is 0 Å². The number of hydrogen-bond acceptors (Lipinski definition) is 4. The van der Waals surface area contributed by atoms with Crippen molar-refractivity contribution in [1.29, 1.82) is 0 Å². The smallest absolute Gasteiger partial charge is 0.251 e. The van der Waals surface area contributed by atoms with E-state index in [9.17, 15) is 9.59 Å². The van der Waals surface area contributed by atoms with Crippen molar-refractivity contribution in [3.63, 3.8) is 0 Å². The van der Waals surface area contributed by atoms with Gasteiger partial charge in [-0.2, -0.15) is 0 Å². The van der Waals surface area contributed by atoms with E-state index in [4.69, 9.17) is 4.74 Å². The number of likely N-dealkylation sites (tertiary alicyclic amines) is 1. The van der Waals surface area contributed by atoms with Crippen molar-refractivity contribution in [2.45, 2.75) is 19.1 Å². The van der Waals surface area contributed by atoms with Crippen LogP contribution >= 0.6 is 0 Å². The Morgan fingerprint density at radius 2 is 2.10 bits per heavy atom. The molecule has 2 N–H and O–H groups in total. The molecular weight excluding hydrogens is 270 g/mol. The summed E-state index contributed by atoms with van der Waals surface area (Å²) in [7, 11) is 3.65. The number of anilines is 1. The zero-order valence-corrected chi connectivity index (χ0v) is 12.6. The second kappa shape index (κ2) is 6.69. The molecule has 1 aliphatic heterocycles. The molecule has 2 amide bonds. The number of nitrogens with one attached hydrogen (secondary N) is 2. The zero-order valence-electron chi connectivity index (χ0n) is 12.6. The lowest BCUT2D eigenvalue weighted by Gasteiger charge is -2.18. The van der Waals surface area contributed by atoms with Gasteiger partial charge in [-0.3, -0.25) is 9.59 Å². The monoisotopic (exact) mass is 291 g/mol. The van der Waals surface area contributed by atoms with Crippen LogP contribution in [0.2, 0.25) is 0 Å². The molecule has 1 saturated heterocycles.